The highest BCUT2D eigenvalue weighted by Crippen LogP contribution is 2.29. The van der Waals surface area contributed by atoms with Crippen LogP contribution in [0.2, 0.25) is 10.0 Å². The van der Waals surface area contributed by atoms with Crippen LogP contribution >= 0.6 is 23.2 Å². The summed E-state index contributed by atoms with van der Waals surface area (Å²) in [6.45, 7) is 5.64. The molecule has 0 saturated heterocycles. The van der Waals surface area contributed by atoms with Crippen molar-refractivity contribution in [3.05, 3.63) is 39.4 Å². The molecule has 0 spiro atoms. The first-order valence-electron chi connectivity index (χ1n) is 5.97. The van der Waals surface area contributed by atoms with E-state index in [9.17, 15) is 4.79 Å². The molecule has 0 aliphatic rings. The molecule has 20 heavy (non-hydrogen) atoms. The summed E-state index contributed by atoms with van der Waals surface area (Å²) in [5.74, 6) is -0.933. The van der Waals surface area contributed by atoms with Crippen molar-refractivity contribution in [3.63, 3.8) is 0 Å². The molecule has 106 valence electrons. The number of hydrogen-bond acceptors (Lipinski definition) is 3. The maximum absolute atomic E-state index is 11.0. The second-order valence-electron chi connectivity index (χ2n) is 4.72. The molecule has 7 heteroatoms. The Bertz CT molecular complexity index is 680. The first-order chi connectivity index (χ1) is 9.31. The van der Waals surface area contributed by atoms with Crippen molar-refractivity contribution in [3.8, 4) is 5.69 Å². The first kappa shape index (κ1) is 14.8. The SMILES string of the molecule is Cc1cc(Cl)c(-n2nc(C(=O)O)nc2C(C)C)cc1Cl. The van der Waals surface area contributed by atoms with Gasteiger partial charge < -0.3 is 5.11 Å². The minimum absolute atomic E-state index is 0.00764. The van der Waals surface area contributed by atoms with E-state index in [-0.39, 0.29) is 11.7 Å². The van der Waals surface area contributed by atoms with Crippen molar-refractivity contribution in [2.45, 2.75) is 26.7 Å². The number of aryl methyl sites for hydroxylation is 1. The van der Waals surface area contributed by atoms with Gasteiger partial charge in [-0.1, -0.05) is 37.0 Å². The van der Waals surface area contributed by atoms with Crippen molar-refractivity contribution < 1.29 is 9.90 Å². The summed E-state index contributed by atoms with van der Waals surface area (Å²) in [6, 6.07) is 3.37. The molecule has 0 aliphatic carbocycles. The Morgan fingerprint density at radius 1 is 1.30 bits per heavy atom. The first-order valence-corrected chi connectivity index (χ1v) is 6.73. The van der Waals surface area contributed by atoms with Gasteiger partial charge in [-0.05, 0) is 24.6 Å². The number of halogens is 2. The van der Waals surface area contributed by atoms with E-state index in [1.807, 2.05) is 20.8 Å². The van der Waals surface area contributed by atoms with Crippen LogP contribution in [0.4, 0.5) is 0 Å². The quantitative estimate of drug-likeness (QED) is 0.938. The molecule has 0 aliphatic heterocycles. The van der Waals surface area contributed by atoms with E-state index in [0.717, 1.165) is 5.56 Å². The molecule has 0 radical (unpaired) electrons. The van der Waals surface area contributed by atoms with E-state index in [0.29, 0.717) is 21.6 Å². The molecular weight excluding hydrogens is 301 g/mol. The number of aromatic carboxylic acids is 1. The lowest BCUT2D eigenvalue weighted by Crippen LogP contribution is -2.06. The average Bonchev–Trinajstić information content (AvgIpc) is 2.78. The average molecular weight is 314 g/mol. The standard InChI is InChI=1S/C13H13Cl2N3O2/c1-6(2)12-16-11(13(19)20)17-18(12)10-5-8(14)7(3)4-9(10)15/h4-6H,1-3H3,(H,19,20). The van der Waals surface area contributed by atoms with E-state index >= 15 is 0 Å². The Labute approximate surface area is 126 Å². The topological polar surface area (TPSA) is 68.0 Å². The number of carboxylic acids is 1. The van der Waals surface area contributed by atoms with Crippen LogP contribution in [0.15, 0.2) is 12.1 Å². The van der Waals surface area contributed by atoms with Gasteiger partial charge in [-0.2, -0.15) is 0 Å². The van der Waals surface area contributed by atoms with E-state index in [4.69, 9.17) is 28.3 Å². The van der Waals surface area contributed by atoms with Crippen molar-refractivity contribution in [2.75, 3.05) is 0 Å². The van der Waals surface area contributed by atoms with Crippen LogP contribution in [0.3, 0.4) is 0 Å². The van der Waals surface area contributed by atoms with Crippen LogP contribution in [-0.4, -0.2) is 25.8 Å². The molecule has 0 fully saturated rings. The third-order valence-corrected chi connectivity index (χ3v) is 3.51. The van der Waals surface area contributed by atoms with Gasteiger partial charge in [0.15, 0.2) is 0 Å². The highest BCUT2D eigenvalue weighted by atomic mass is 35.5. The third kappa shape index (κ3) is 2.64. The van der Waals surface area contributed by atoms with Gasteiger partial charge in [0.05, 0.1) is 10.7 Å². The van der Waals surface area contributed by atoms with E-state index in [1.54, 1.807) is 12.1 Å². The lowest BCUT2D eigenvalue weighted by molar-refractivity contribution is 0.0683. The predicted octanol–water partition coefficient (Wildman–Crippen LogP) is 3.70. The zero-order valence-corrected chi connectivity index (χ0v) is 12.7. The van der Waals surface area contributed by atoms with Gasteiger partial charge in [-0.3, -0.25) is 0 Å². The molecule has 1 aromatic heterocycles. The van der Waals surface area contributed by atoms with Crippen LogP contribution in [0.25, 0.3) is 5.69 Å². The second-order valence-corrected chi connectivity index (χ2v) is 5.53. The Balaban J connectivity index is 2.68. The fraction of sp³-hybridized carbons (Fsp3) is 0.308. The van der Waals surface area contributed by atoms with Gasteiger partial charge >= 0.3 is 5.97 Å². The van der Waals surface area contributed by atoms with Crippen molar-refractivity contribution >= 4 is 29.2 Å². The molecule has 0 unspecified atom stereocenters. The number of carboxylic acid groups (broad SMARTS) is 1. The summed E-state index contributed by atoms with van der Waals surface area (Å²) in [5.41, 5.74) is 1.36. The molecule has 1 aromatic carbocycles. The fourth-order valence-corrected chi connectivity index (χ4v) is 2.22. The lowest BCUT2D eigenvalue weighted by Gasteiger charge is -2.11. The third-order valence-electron chi connectivity index (χ3n) is 2.80. The van der Waals surface area contributed by atoms with Gasteiger partial charge in [0.1, 0.15) is 5.82 Å². The van der Waals surface area contributed by atoms with E-state index in [2.05, 4.69) is 10.1 Å². The van der Waals surface area contributed by atoms with Crippen molar-refractivity contribution in [1.29, 1.82) is 0 Å². The monoisotopic (exact) mass is 313 g/mol. The second kappa shape index (κ2) is 5.42. The minimum atomic E-state index is -1.18. The zero-order chi connectivity index (χ0) is 15.0. The molecule has 2 rings (SSSR count). The van der Waals surface area contributed by atoms with Crippen LogP contribution in [-0.2, 0) is 0 Å². The molecule has 0 amide bonds. The van der Waals surface area contributed by atoms with Gasteiger partial charge in [0.2, 0.25) is 0 Å². The smallest absolute Gasteiger partial charge is 0.375 e. The summed E-state index contributed by atoms with van der Waals surface area (Å²) >= 11 is 12.3. The zero-order valence-electron chi connectivity index (χ0n) is 11.2. The van der Waals surface area contributed by atoms with Crippen LogP contribution < -0.4 is 0 Å². The molecule has 0 atom stereocenters. The fourth-order valence-electron chi connectivity index (χ4n) is 1.76. The van der Waals surface area contributed by atoms with Gasteiger partial charge in [0.25, 0.3) is 5.82 Å². The van der Waals surface area contributed by atoms with Crippen molar-refractivity contribution in [1.82, 2.24) is 14.8 Å². The molecule has 1 N–H and O–H groups in total. The summed E-state index contributed by atoms with van der Waals surface area (Å²) < 4.78 is 1.43. The van der Waals surface area contributed by atoms with Crippen LogP contribution in [0.5, 0.6) is 0 Å². The molecule has 1 heterocycles. The summed E-state index contributed by atoms with van der Waals surface area (Å²) in [6.07, 6.45) is 0. The lowest BCUT2D eigenvalue weighted by atomic mass is 10.2. The van der Waals surface area contributed by atoms with E-state index in [1.165, 1.54) is 4.68 Å². The van der Waals surface area contributed by atoms with Gasteiger partial charge in [-0.15, -0.1) is 5.10 Å². The number of hydrogen-bond donors (Lipinski definition) is 1. The Morgan fingerprint density at radius 2 is 1.95 bits per heavy atom. The number of rotatable bonds is 3. The minimum Gasteiger partial charge on any atom is -0.475 e. The Morgan fingerprint density at radius 3 is 2.50 bits per heavy atom. The van der Waals surface area contributed by atoms with Gasteiger partial charge in [-0.25, -0.2) is 14.5 Å². The van der Waals surface area contributed by atoms with Crippen LogP contribution in [0.1, 0.15) is 41.8 Å². The number of nitrogens with zero attached hydrogens (tertiary/aromatic N) is 3. The number of benzene rings is 1. The number of aromatic nitrogens is 3. The molecular formula is C13H13Cl2N3O2. The van der Waals surface area contributed by atoms with Crippen molar-refractivity contribution in [2.24, 2.45) is 0 Å². The van der Waals surface area contributed by atoms with Crippen LogP contribution in [0, 0.1) is 6.92 Å². The summed E-state index contributed by atoms with van der Waals surface area (Å²) in [4.78, 5) is 15.1. The maximum atomic E-state index is 11.0. The maximum Gasteiger partial charge on any atom is 0.375 e. The highest BCUT2D eigenvalue weighted by molar-refractivity contribution is 6.35. The normalized spacial score (nSPS) is 11.1. The predicted molar refractivity (Wildman–Crippen MR) is 77.2 cm³/mol. The summed E-state index contributed by atoms with van der Waals surface area (Å²) in [7, 11) is 0. The Kier molecular flexibility index (Phi) is 4.01. The molecule has 2 aromatic rings. The van der Waals surface area contributed by atoms with Gasteiger partial charge in [0, 0.05) is 10.9 Å². The molecule has 5 nitrogen and oxygen atoms in total. The molecule has 0 bridgehead atoms. The summed E-state index contributed by atoms with van der Waals surface area (Å²) in [5, 5.41) is 14.0. The van der Waals surface area contributed by atoms with E-state index < -0.39 is 5.97 Å². The molecule has 0 saturated carbocycles. The highest BCUT2D eigenvalue weighted by Gasteiger charge is 2.20. The Hall–Kier alpha value is -1.59. The largest absolute Gasteiger partial charge is 0.475 e. The number of carbonyl (C=O) groups is 1.